The lowest BCUT2D eigenvalue weighted by Crippen LogP contribution is -2.20. The van der Waals surface area contributed by atoms with Crippen molar-refractivity contribution >= 4 is 18.4 Å². The summed E-state index contributed by atoms with van der Waals surface area (Å²) in [7, 11) is 4.37. The molecule has 0 bridgehead atoms. The molecule has 1 unspecified atom stereocenters. The van der Waals surface area contributed by atoms with Crippen molar-refractivity contribution in [2.45, 2.75) is 6.04 Å². The summed E-state index contributed by atoms with van der Waals surface area (Å²) in [5.74, 6) is 0.0210. The number of hydrogen-bond donors (Lipinski definition) is 2. The molecule has 0 amide bonds. The summed E-state index contributed by atoms with van der Waals surface area (Å²) in [4.78, 5) is 10.8. The number of rotatable bonds is 5. The maximum absolute atomic E-state index is 10.8. The van der Waals surface area contributed by atoms with E-state index in [2.05, 4.69) is 0 Å². The number of hydrogen-bond acceptors (Lipinski definition) is 5. The monoisotopic (exact) mass is 277 g/mol. The van der Waals surface area contributed by atoms with Crippen LogP contribution < -0.4 is 19.9 Å². The molecule has 0 spiro atoms. The first-order valence-corrected chi connectivity index (χ1v) is 4.83. The van der Waals surface area contributed by atoms with Crippen molar-refractivity contribution in [1.82, 2.24) is 0 Å². The van der Waals surface area contributed by atoms with Crippen LogP contribution in [0.4, 0.5) is 0 Å². The molecule has 1 aromatic rings. The molecule has 0 radical (unpaired) electrons. The first-order chi connectivity index (χ1) is 8.04. The van der Waals surface area contributed by atoms with Crippen LogP contribution in [0.3, 0.4) is 0 Å². The predicted molar refractivity (Wildman–Crippen MR) is 67.9 cm³/mol. The number of carboxylic acids is 1. The molecule has 0 aromatic heterocycles. The van der Waals surface area contributed by atoms with Crippen molar-refractivity contribution in [3.63, 3.8) is 0 Å². The highest BCUT2D eigenvalue weighted by Gasteiger charge is 2.20. The van der Waals surface area contributed by atoms with Crippen molar-refractivity contribution in [2.75, 3.05) is 21.3 Å². The van der Waals surface area contributed by atoms with Gasteiger partial charge in [-0.15, -0.1) is 12.4 Å². The minimum Gasteiger partial charge on any atom is -0.493 e. The fourth-order valence-corrected chi connectivity index (χ4v) is 1.42. The van der Waals surface area contributed by atoms with E-state index in [1.54, 1.807) is 0 Å². The van der Waals surface area contributed by atoms with E-state index in [9.17, 15) is 4.79 Å². The van der Waals surface area contributed by atoms with E-state index >= 15 is 0 Å². The number of ether oxygens (including phenoxy) is 3. The van der Waals surface area contributed by atoms with E-state index in [0.29, 0.717) is 22.8 Å². The Morgan fingerprint density at radius 2 is 1.61 bits per heavy atom. The van der Waals surface area contributed by atoms with Gasteiger partial charge in [0.05, 0.1) is 21.3 Å². The minimum absolute atomic E-state index is 0. The summed E-state index contributed by atoms with van der Waals surface area (Å²) in [6.07, 6.45) is 0. The van der Waals surface area contributed by atoms with Gasteiger partial charge in [-0.05, 0) is 17.7 Å². The van der Waals surface area contributed by atoms with Gasteiger partial charge in [-0.25, -0.2) is 0 Å². The van der Waals surface area contributed by atoms with E-state index in [0.717, 1.165) is 0 Å². The number of aliphatic carboxylic acids is 1. The van der Waals surface area contributed by atoms with Gasteiger partial charge in [-0.3, -0.25) is 4.79 Å². The SMILES string of the molecule is COc1cc(C(N)C(=O)O)cc(OC)c1OC.Cl. The second kappa shape index (κ2) is 6.93. The Balaban J connectivity index is 0.00000289. The number of carbonyl (C=O) groups is 1. The molecule has 0 heterocycles. The molecule has 6 nitrogen and oxygen atoms in total. The molecular formula is C11H16ClNO5. The van der Waals surface area contributed by atoms with Crippen LogP contribution in [0.2, 0.25) is 0 Å². The average molecular weight is 278 g/mol. The normalized spacial score (nSPS) is 11.1. The number of halogens is 1. The molecule has 0 aliphatic rings. The Hall–Kier alpha value is -1.66. The molecule has 0 aliphatic carbocycles. The van der Waals surface area contributed by atoms with E-state index in [1.165, 1.54) is 33.5 Å². The first-order valence-electron chi connectivity index (χ1n) is 4.83. The number of methoxy groups -OCH3 is 3. The van der Waals surface area contributed by atoms with Crippen molar-refractivity contribution in [1.29, 1.82) is 0 Å². The molecule has 0 fully saturated rings. The smallest absolute Gasteiger partial charge is 0.325 e. The molecule has 0 saturated heterocycles. The zero-order valence-corrected chi connectivity index (χ0v) is 11.1. The van der Waals surface area contributed by atoms with Gasteiger partial charge in [-0.2, -0.15) is 0 Å². The first kappa shape index (κ1) is 16.3. The predicted octanol–water partition coefficient (Wildman–Crippen LogP) is 1.22. The molecule has 18 heavy (non-hydrogen) atoms. The van der Waals surface area contributed by atoms with E-state index in [4.69, 9.17) is 25.1 Å². The maximum Gasteiger partial charge on any atom is 0.325 e. The lowest BCUT2D eigenvalue weighted by Gasteiger charge is -2.15. The third-order valence-electron chi connectivity index (χ3n) is 2.31. The van der Waals surface area contributed by atoms with Gasteiger partial charge < -0.3 is 25.1 Å². The number of nitrogens with two attached hydrogens (primary N) is 1. The highest BCUT2D eigenvalue weighted by atomic mass is 35.5. The third kappa shape index (κ3) is 3.18. The van der Waals surface area contributed by atoms with Gasteiger partial charge in [0.1, 0.15) is 6.04 Å². The summed E-state index contributed by atoms with van der Waals surface area (Å²) in [6.45, 7) is 0. The second-order valence-electron chi connectivity index (χ2n) is 3.27. The van der Waals surface area contributed by atoms with Gasteiger partial charge in [0, 0.05) is 0 Å². The topological polar surface area (TPSA) is 91.0 Å². The van der Waals surface area contributed by atoms with Crippen molar-refractivity contribution < 1.29 is 24.1 Å². The molecule has 1 aromatic carbocycles. The number of benzene rings is 1. The molecular weight excluding hydrogens is 262 g/mol. The highest BCUT2D eigenvalue weighted by Crippen LogP contribution is 2.39. The fourth-order valence-electron chi connectivity index (χ4n) is 1.42. The van der Waals surface area contributed by atoms with Crippen LogP contribution >= 0.6 is 12.4 Å². The van der Waals surface area contributed by atoms with Crippen molar-refractivity contribution in [3.8, 4) is 17.2 Å². The molecule has 0 saturated carbocycles. The molecule has 7 heteroatoms. The van der Waals surface area contributed by atoms with E-state index in [-0.39, 0.29) is 12.4 Å². The number of carboxylic acid groups (broad SMARTS) is 1. The van der Waals surface area contributed by atoms with E-state index < -0.39 is 12.0 Å². The third-order valence-corrected chi connectivity index (χ3v) is 2.31. The Kier molecular flexibility index (Phi) is 6.29. The van der Waals surface area contributed by atoms with Gasteiger partial charge in [0.2, 0.25) is 5.75 Å². The van der Waals surface area contributed by atoms with E-state index in [1.807, 2.05) is 0 Å². The molecule has 102 valence electrons. The second-order valence-corrected chi connectivity index (χ2v) is 3.27. The largest absolute Gasteiger partial charge is 0.493 e. The maximum atomic E-state index is 10.8. The zero-order chi connectivity index (χ0) is 13.0. The van der Waals surface area contributed by atoms with Gasteiger partial charge in [0.15, 0.2) is 11.5 Å². The highest BCUT2D eigenvalue weighted by molar-refractivity contribution is 5.85. The lowest BCUT2D eigenvalue weighted by atomic mass is 10.1. The van der Waals surface area contributed by atoms with Crippen LogP contribution in [-0.4, -0.2) is 32.4 Å². The Labute approximate surface area is 111 Å². The quantitative estimate of drug-likeness (QED) is 0.841. The molecule has 1 rings (SSSR count). The van der Waals surface area contributed by atoms with Gasteiger partial charge in [-0.1, -0.05) is 0 Å². The van der Waals surface area contributed by atoms with Gasteiger partial charge in [0.25, 0.3) is 0 Å². The summed E-state index contributed by atoms with van der Waals surface area (Å²) in [6, 6.07) is 1.89. The lowest BCUT2D eigenvalue weighted by molar-refractivity contribution is -0.138. The fraction of sp³-hybridized carbons (Fsp3) is 0.364. The Morgan fingerprint density at radius 1 is 1.17 bits per heavy atom. The summed E-state index contributed by atoms with van der Waals surface area (Å²) in [5, 5.41) is 8.85. The average Bonchev–Trinajstić information content (AvgIpc) is 2.35. The Bertz CT molecular complexity index is 399. The van der Waals surface area contributed by atoms with Crippen LogP contribution in [-0.2, 0) is 4.79 Å². The van der Waals surface area contributed by atoms with Crippen LogP contribution in [0, 0.1) is 0 Å². The van der Waals surface area contributed by atoms with Crippen molar-refractivity contribution in [3.05, 3.63) is 17.7 Å². The standard InChI is InChI=1S/C11H15NO5.ClH/c1-15-7-4-6(9(12)11(13)14)5-8(16-2)10(7)17-3;/h4-5,9H,12H2,1-3H3,(H,13,14);1H. The van der Waals surface area contributed by atoms with Gasteiger partial charge >= 0.3 is 5.97 Å². The summed E-state index contributed by atoms with van der Waals surface area (Å²) >= 11 is 0. The van der Waals surface area contributed by atoms with Crippen molar-refractivity contribution in [2.24, 2.45) is 5.73 Å². The van der Waals surface area contributed by atoms with Crippen LogP contribution in [0.5, 0.6) is 17.2 Å². The summed E-state index contributed by atoms with van der Waals surface area (Å²) in [5.41, 5.74) is 5.91. The summed E-state index contributed by atoms with van der Waals surface area (Å²) < 4.78 is 15.3. The van der Waals surface area contributed by atoms with Crippen LogP contribution in [0.25, 0.3) is 0 Å². The zero-order valence-electron chi connectivity index (χ0n) is 10.3. The molecule has 3 N–H and O–H groups in total. The van der Waals surface area contributed by atoms with Crippen LogP contribution in [0.1, 0.15) is 11.6 Å². The Morgan fingerprint density at radius 3 is 1.89 bits per heavy atom. The molecule has 1 atom stereocenters. The minimum atomic E-state index is -1.14. The van der Waals surface area contributed by atoms with Crippen LogP contribution in [0.15, 0.2) is 12.1 Å². The molecule has 0 aliphatic heterocycles.